The minimum absolute atomic E-state index is 0. The molecule has 0 amide bonds. The summed E-state index contributed by atoms with van der Waals surface area (Å²) in [5.41, 5.74) is 1.04. The summed E-state index contributed by atoms with van der Waals surface area (Å²) in [6.45, 7) is 3.34. The van der Waals surface area contributed by atoms with Crippen molar-refractivity contribution >= 4 is 33.3 Å². The molecule has 2 aliphatic heterocycles. The van der Waals surface area contributed by atoms with Gasteiger partial charge in [0.1, 0.15) is 0 Å². The molecule has 1 aromatic heterocycles. The van der Waals surface area contributed by atoms with E-state index in [1.165, 1.54) is 0 Å². The van der Waals surface area contributed by atoms with Gasteiger partial charge in [0.2, 0.25) is 10.0 Å². The Hall–Kier alpha value is -1.08. The van der Waals surface area contributed by atoms with Gasteiger partial charge in [0, 0.05) is 30.8 Å². The first kappa shape index (κ1) is 19.7. The van der Waals surface area contributed by atoms with Crippen molar-refractivity contribution < 1.29 is 8.42 Å². The summed E-state index contributed by atoms with van der Waals surface area (Å²) >= 11 is 0. The van der Waals surface area contributed by atoms with Crippen molar-refractivity contribution in [1.82, 2.24) is 14.2 Å². The zero-order chi connectivity index (χ0) is 17.3. The van der Waals surface area contributed by atoms with Crippen molar-refractivity contribution in [1.29, 1.82) is 0 Å². The van der Waals surface area contributed by atoms with E-state index >= 15 is 0 Å². The third-order valence-corrected chi connectivity index (χ3v) is 7.49. The SMILES string of the molecule is Cl.O=S(=O)(c1ccc2ccn(C3CCNCC3)c2c1)N1CCCCCC1. The Morgan fingerprint density at radius 2 is 1.65 bits per heavy atom. The van der Waals surface area contributed by atoms with Gasteiger partial charge in [-0.2, -0.15) is 4.31 Å². The van der Waals surface area contributed by atoms with Crippen LogP contribution in [0.25, 0.3) is 10.9 Å². The lowest BCUT2D eigenvalue weighted by Gasteiger charge is -2.25. The zero-order valence-corrected chi connectivity index (χ0v) is 16.7. The fraction of sp³-hybridized carbons (Fsp3) is 0.579. The minimum Gasteiger partial charge on any atom is -0.344 e. The monoisotopic (exact) mass is 397 g/mol. The van der Waals surface area contributed by atoms with E-state index < -0.39 is 10.0 Å². The molecule has 0 atom stereocenters. The highest BCUT2D eigenvalue weighted by molar-refractivity contribution is 7.89. The van der Waals surface area contributed by atoms with E-state index in [0.29, 0.717) is 24.0 Å². The molecular weight excluding hydrogens is 370 g/mol. The fourth-order valence-corrected chi connectivity index (χ4v) is 5.66. The molecule has 2 aromatic rings. The predicted molar refractivity (Wildman–Crippen MR) is 108 cm³/mol. The highest BCUT2D eigenvalue weighted by Gasteiger charge is 2.26. The van der Waals surface area contributed by atoms with Gasteiger partial charge in [0.05, 0.1) is 4.90 Å². The number of benzene rings is 1. The van der Waals surface area contributed by atoms with Crippen LogP contribution in [0, 0.1) is 0 Å². The number of hydrogen-bond donors (Lipinski definition) is 1. The Bertz CT molecular complexity index is 836. The second-order valence-electron chi connectivity index (χ2n) is 7.24. The number of piperidine rings is 1. The third-order valence-electron chi connectivity index (χ3n) is 5.60. The van der Waals surface area contributed by atoms with Gasteiger partial charge in [-0.15, -0.1) is 12.4 Å². The predicted octanol–water partition coefficient (Wildman–Crippen LogP) is 3.55. The van der Waals surface area contributed by atoms with Crippen molar-refractivity contribution in [2.24, 2.45) is 0 Å². The Kier molecular flexibility index (Phi) is 6.28. The number of rotatable bonds is 3. The molecule has 2 aliphatic rings. The molecule has 2 saturated heterocycles. The molecule has 26 heavy (non-hydrogen) atoms. The molecule has 0 spiro atoms. The number of sulfonamides is 1. The number of aromatic nitrogens is 1. The summed E-state index contributed by atoms with van der Waals surface area (Å²) in [6.07, 6.45) is 8.48. The molecule has 0 saturated carbocycles. The Balaban J connectivity index is 0.00000196. The lowest BCUT2D eigenvalue weighted by molar-refractivity contribution is 0.376. The molecule has 0 aliphatic carbocycles. The first-order chi connectivity index (χ1) is 12.2. The summed E-state index contributed by atoms with van der Waals surface area (Å²) in [5.74, 6) is 0. The van der Waals surface area contributed by atoms with Gasteiger partial charge in [-0.05, 0) is 62.4 Å². The van der Waals surface area contributed by atoms with Crippen molar-refractivity contribution in [2.45, 2.75) is 49.5 Å². The second-order valence-corrected chi connectivity index (χ2v) is 9.18. The van der Waals surface area contributed by atoms with Gasteiger partial charge in [-0.25, -0.2) is 8.42 Å². The highest BCUT2D eigenvalue weighted by Crippen LogP contribution is 2.29. The summed E-state index contributed by atoms with van der Waals surface area (Å²) in [7, 11) is -3.39. The van der Waals surface area contributed by atoms with E-state index in [1.54, 1.807) is 10.4 Å². The molecule has 1 aromatic carbocycles. The summed E-state index contributed by atoms with van der Waals surface area (Å²) < 4.78 is 30.2. The summed E-state index contributed by atoms with van der Waals surface area (Å²) in [5, 5.41) is 4.51. The van der Waals surface area contributed by atoms with Crippen molar-refractivity contribution in [3.8, 4) is 0 Å². The van der Waals surface area contributed by atoms with Gasteiger partial charge < -0.3 is 9.88 Å². The maximum Gasteiger partial charge on any atom is 0.243 e. The fourth-order valence-electron chi connectivity index (χ4n) is 4.12. The van der Waals surface area contributed by atoms with Crippen LogP contribution in [-0.2, 0) is 10.0 Å². The van der Waals surface area contributed by atoms with Crippen molar-refractivity contribution in [2.75, 3.05) is 26.2 Å². The molecule has 4 rings (SSSR count). The Morgan fingerprint density at radius 3 is 2.35 bits per heavy atom. The van der Waals surface area contributed by atoms with E-state index in [4.69, 9.17) is 0 Å². The number of halogens is 1. The van der Waals surface area contributed by atoms with Gasteiger partial charge in [-0.3, -0.25) is 0 Å². The van der Waals surface area contributed by atoms with Gasteiger partial charge in [0.25, 0.3) is 0 Å². The second kappa shape index (κ2) is 8.30. The van der Waals surface area contributed by atoms with Crippen molar-refractivity contribution in [3.05, 3.63) is 30.5 Å². The van der Waals surface area contributed by atoms with E-state index in [1.807, 2.05) is 12.1 Å². The van der Waals surface area contributed by atoms with Crippen molar-refractivity contribution in [3.63, 3.8) is 0 Å². The molecule has 3 heterocycles. The number of hydrogen-bond acceptors (Lipinski definition) is 3. The molecule has 2 fully saturated rings. The molecule has 0 bridgehead atoms. The molecule has 0 unspecified atom stereocenters. The van der Waals surface area contributed by atoms with Crippen LogP contribution in [0.1, 0.15) is 44.6 Å². The van der Waals surface area contributed by atoms with E-state index in [0.717, 1.165) is 62.5 Å². The standard InChI is InChI=1S/C19H27N3O2S.ClH/c23-25(24,21-12-3-1-2-4-13-21)18-6-5-16-9-14-22(19(16)15-18)17-7-10-20-11-8-17;/h5-6,9,14-15,17,20H,1-4,7-8,10-13H2;1H. The van der Waals surface area contributed by atoms with Crippen LogP contribution >= 0.6 is 12.4 Å². The van der Waals surface area contributed by atoms with E-state index in [9.17, 15) is 8.42 Å². The number of fused-ring (bicyclic) bond motifs is 1. The van der Waals surface area contributed by atoms with Crippen LogP contribution in [0.5, 0.6) is 0 Å². The molecule has 1 N–H and O–H groups in total. The normalized spacial score (nSPS) is 20.6. The maximum atomic E-state index is 13.1. The smallest absolute Gasteiger partial charge is 0.243 e. The van der Waals surface area contributed by atoms with Crippen LogP contribution < -0.4 is 5.32 Å². The highest BCUT2D eigenvalue weighted by atomic mass is 35.5. The maximum absolute atomic E-state index is 13.1. The summed E-state index contributed by atoms with van der Waals surface area (Å²) in [4.78, 5) is 0.441. The topological polar surface area (TPSA) is 54.3 Å². The van der Waals surface area contributed by atoms with Crippen LogP contribution in [0.2, 0.25) is 0 Å². The van der Waals surface area contributed by atoms with Crippen LogP contribution in [-0.4, -0.2) is 43.5 Å². The Labute approximate surface area is 162 Å². The summed E-state index contributed by atoms with van der Waals surface area (Å²) in [6, 6.07) is 8.17. The molecule has 7 heteroatoms. The lowest BCUT2D eigenvalue weighted by Crippen LogP contribution is -2.32. The average molecular weight is 398 g/mol. The first-order valence-electron chi connectivity index (χ1n) is 9.48. The first-order valence-corrected chi connectivity index (χ1v) is 10.9. The van der Waals surface area contributed by atoms with Crippen LogP contribution in [0.3, 0.4) is 0 Å². The van der Waals surface area contributed by atoms with Gasteiger partial charge >= 0.3 is 0 Å². The van der Waals surface area contributed by atoms with Crippen LogP contribution in [0.4, 0.5) is 0 Å². The average Bonchev–Trinajstić information content (AvgIpc) is 2.86. The number of nitrogens with one attached hydrogen (secondary N) is 1. The third kappa shape index (κ3) is 3.79. The van der Waals surface area contributed by atoms with Crippen LogP contribution in [0.15, 0.2) is 35.4 Å². The van der Waals surface area contributed by atoms with Gasteiger partial charge in [-0.1, -0.05) is 18.9 Å². The van der Waals surface area contributed by atoms with E-state index in [2.05, 4.69) is 22.1 Å². The zero-order valence-electron chi connectivity index (χ0n) is 15.1. The van der Waals surface area contributed by atoms with E-state index in [-0.39, 0.29) is 12.4 Å². The Morgan fingerprint density at radius 1 is 0.962 bits per heavy atom. The molecule has 0 radical (unpaired) electrons. The number of nitrogens with zero attached hydrogens (tertiary/aromatic N) is 2. The quantitative estimate of drug-likeness (QED) is 0.861. The lowest BCUT2D eigenvalue weighted by atomic mass is 10.1. The molecular formula is C19H28ClN3O2S. The molecule has 5 nitrogen and oxygen atoms in total. The molecule has 144 valence electrons. The minimum atomic E-state index is -3.39. The van der Waals surface area contributed by atoms with Gasteiger partial charge in [0.15, 0.2) is 0 Å². The largest absolute Gasteiger partial charge is 0.344 e.